The average molecular weight is 375 g/mol. The molecule has 0 bridgehead atoms. The molecular formula is C22H21N3O3. The van der Waals surface area contributed by atoms with Gasteiger partial charge in [0.1, 0.15) is 16.7 Å². The van der Waals surface area contributed by atoms with E-state index in [1.165, 1.54) is 0 Å². The van der Waals surface area contributed by atoms with Gasteiger partial charge in [0.25, 0.3) is 0 Å². The zero-order valence-electron chi connectivity index (χ0n) is 15.7. The minimum absolute atomic E-state index is 0.288. The minimum Gasteiger partial charge on any atom is -0.436 e. The van der Waals surface area contributed by atoms with Crippen molar-refractivity contribution in [3.63, 3.8) is 0 Å². The number of likely N-dealkylation sites (N-methyl/N-ethyl adjacent to an activating group) is 1. The van der Waals surface area contributed by atoms with Crippen LogP contribution in [0.1, 0.15) is 6.42 Å². The Morgan fingerprint density at radius 1 is 0.929 bits per heavy atom. The first-order valence-electron chi connectivity index (χ1n) is 9.55. The van der Waals surface area contributed by atoms with Crippen molar-refractivity contribution in [3.05, 3.63) is 59.0 Å². The molecule has 2 aromatic carbocycles. The summed E-state index contributed by atoms with van der Waals surface area (Å²) in [6.45, 7) is 4.10. The lowest BCUT2D eigenvalue weighted by Gasteiger charge is -2.22. The summed E-state index contributed by atoms with van der Waals surface area (Å²) < 4.78 is 11.4. The van der Waals surface area contributed by atoms with Crippen LogP contribution >= 0.6 is 0 Å². The van der Waals surface area contributed by atoms with E-state index in [1.807, 2.05) is 36.4 Å². The second-order valence-electron chi connectivity index (χ2n) is 7.30. The number of nitrogens with zero attached hydrogens (tertiary/aromatic N) is 3. The predicted molar refractivity (Wildman–Crippen MR) is 110 cm³/mol. The van der Waals surface area contributed by atoms with Crippen molar-refractivity contribution in [1.29, 1.82) is 0 Å². The van der Waals surface area contributed by atoms with Crippen molar-refractivity contribution < 1.29 is 8.83 Å². The van der Waals surface area contributed by atoms with Crippen LogP contribution in [0, 0.1) is 0 Å². The Labute approximate surface area is 162 Å². The number of oxazole rings is 1. The molecule has 0 spiro atoms. The van der Waals surface area contributed by atoms with Crippen LogP contribution in [0.4, 0.5) is 5.69 Å². The Kier molecular flexibility index (Phi) is 4.13. The monoisotopic (exact) mass is 375 g/mol. The van der Waals surface area contributed by atoms with Gasteiger partial charge in [-0.25, -0.2) is 9.78 Å². The fourth-order valence-corrected chi connectivity index (χ4v) is 3.74. The van der Waals surface area contributed by atoms with E-state index in [-0.39, 0.29) is 5.89 Å². The highest BCUT2D eigenvalue weighted by atomic mass is 16.4. The molecule has 6 nitrogen and oxygen atoms in total. The molecule has 0 unspecified atom stereocenters. The van der Waals surface area contributed by atoms with E-state index in [0.717, 1.165) is 49.2 Å². The summed E-state index contributed by atoms with van der Waals surface area (Å²) in [5, 5.41) is 0.854. The number of para-hydroxylation sites is 2. The molecule has 1 fully saturated rings. The molecule has 0 atom stereocenters. The number of anilines is 1. The van der Waals surface area contributed by atoms with Gasteiger partial charge in [-0.1, -0.05) is 12.1 Å². The van der Waals surface area contributed by atoms with Gasteiger partial charge in [0, 0.05) is 36.8 Å². The summed E-state index contributed by atoms with van der Waals surface area (Å²) >= 11 is 0. The lowest BCUT2D eigenvalue weighted by Crippen LogP contribution is -2.28. The predicted octanol–water partition coefficient (Wildman–Crippen LogP) is 3.74. The van der Waals surface area contributed by atoms with Gasteiger partial charge in [0.15, 0.2) is 5.58 Å². The smallest absolute Gasteiger partial charge is 0.349 e. The molecule has 1 aliphatic heterocycles. The van der Waals surface area contributed by atoms with Gasteiger partial charge >= 0.3 is 5.63 Å². The Balaban J connectivity index is 1.53. The molecular weight excluding hydrogens is 354 g/mol. The highest BCUT2D eigenvalue weighted by Gasteiger charge is 2.17. The third kappa shape index (κ3) is 3.05. The second-order valence-corrected chi connectivity index (χ2v) is 7.30. The highest BCUT2D eigenvalue weighted by molar-refractivity contribution is 5.84. The molecule has 5 rings (SSSR count). The Morgan fingerprint density at radius 2 is 1.82 bits per heavy atom. The summed E-state index contributed by atoms with van der Waals surface area (Å²) in [6.07, 6.45) is 1.12. The standard InChI is InChI=1S/C22H21N3O3/c1-24-9-4-10-25(12-11-24)16-8-7-15-13-17(22(26)28-20(15)14-16)21-23-18-5-2-3-6-19(18)27-21/h2-3,5-8,13-14H,4,9-12H2,1H3. The lowest BCUT2D eigenvalue weighted by atomic mass is 10.1. The van der Waals surface area contributed by atoms with Gasteiger partial charge in [-0.2, -0.15) is 0 Å². The molecule has 1 aliphatic rings. The molecule has 1 saturated heterocycles. The normalized spacial score (nSPS) is 16.0. The van der Waals surface area contributed by atoms with Gasteiger partial charge in [-0.15, -0.1) is 0 Å². The van der Waals surface area contributed by atoms with Gasteiger partial charge in [-0.3, -0.25) is 0 Å². The Bertz CT molecular complexity index is 1180. The van der Waals surface area contributed by atoms with Crippen molar-refractivity contribution in [2.24, 2.45) is 0 Å². The average Bonchev–Trinajstić information content (AvgIpc) is 3.01. The highest BCUT2D eigenvalue weighted by Crippen LogP contribution is 2.27. The molecule has 0 radical (unpaired) electrons. The lowest BCUT2D eigenvalue weighted by molar-refractivity contribution is 0.360. The van der Waals surface area contributed by atoms with Crippen molar-refractivity contribution in [3.8, 4) is 11.5 Å². The Morgan fingerprint density at radius 3 is 2.71 bits per heavy atom. The van der Waals surface area contributed by atoms with Crippen LogP contribution in [0.15, 0.2) is 62.2 Å². The topological polar surface area (TPSA) is 62.7 Å². The maximum atomic E-state index is 12.6. The van der Waals surface area contributed by atoms with E-state index in [1.54, 1.807) is 6.07 Å². The van der Waals surface area contributed by atoms with E-state index < -0.39 is 5.63 Å². The first kappa shape index (κ1) is 17.0. The van der Waals surface area contributed by atoms with Gasteiger partial charge in [0.2, 0.25) is 5.89 Å². The molecule has 0 saturated carbocycles. The van der Waals surface area contributed by atoms with Gasteiger partial charge in [-0.05, 0) is 50.3 Å². The third-order valence-electron chi connectivity index (χ3n) is 5.33. The van der Waals surface area contributed by atoms with Crippen LogP contribution in [0.5, 0.6) is 0 Å². The maximum Gasteiger partial charge on any atom is 0.349 e. The number of aromatic nitrogens is 1. The van der Waals surface area contributed by atoms with E-state index in [2.05, 4.69) is 27.9 Å². The van der Waals surface area contributed by atoms with Crippen molar-refractivity contribution in [1.82, 2.24) is 9.88 Å². The minimum atomic E-state index is -0.438. The van der Waals surface area contributed by atoms with Crippen LogP contribution in [0.2, 0.25) is 0 Å². The summed E-state index contributed by atoms with van der Waals surface area (Å²) in [4.78, 5) is 21.7. The number of benzene rings is 2. The first-order chi connectivity index (χ1) is 13.7. The fraction of sp³-hybridized carbons (Fsp3) is 0.273. The molecule has 142 valence electrons. The number of hydrogen-bond donors (Lipinski definition) is 0. The van der Waals surface area contributed by atoms with Crippen LogP contribution in [0.3, 0.4) is 0 Å². The molecule has 0 aliphatic carbocycles. The summed E-state index contributed by atoms with van der Waals surface area (Å²) in [5.74, 6) is 0.288. The zero-order valence-corrected chi connectivity index (χ0v) is 15.7. The zero-order chi connectivity index (χ0) is 19.1. The number of hydrogen-bond acceptors (Lipinski definition) is 6. The third-order valence-corrected chi connectivity index (χ3v) is 5.33. The van der Waals surface area contributed by atoms with Crippen molar-refractivity contribution in [2.45, 2.75) is 6.42 Å². The summed E-state index contributed by atoms with van der Waals surface area (Å²) in [6, 6.07) is 15.3. The van der Waals surface area contributed by atoms with Crippen molar-refractivity contribution >= 4 is 27.8 Å². The van der Waals surface area contributed by atoms with E-state index in [9.17, 15) is 4.79 Å². The molecule has 6 heteroatoms. The molecule has 4 aromatic rings. The quantitative estimate of drug-likeness (QED) is 0.497. The fourth-order valence-electron chi connectivity index (χ4n) is 3.74. The van der Waals surface area contributed by atoms with E-state index in [0.29, 0.717) is 16.7 Å². The van der Waals surface area contributed by atoms with Crippen LogP contribution < -0.4 is 10.5 Å². The SMILES string of the molecule is CN1CCCN(c2ccc3cc(-c4nc5ccccc5o4)c(=O)oc3c2)CC1. The van der Waals surface area contributed by atoms with Crippen molar-refractivity contribution in [2.75, 3.05) is 38.1 Å². The molecule has 3 heterocycles. The molecule has 0 N–H and O–H groups in total. The summed E-state index contributed by atoms with van der Waals surface area (Å²) in [7, 11) is 2.15. The molecule has 0 amide bonds. The van der Waals surface area contributed by atoms with Gasteiger partial charge < -0.3 is 18.6 Å². The molecule has 28 heavy (non-hydrogen) atoms. The summed E-state index contributed by atoms with van der Waals surface area (Å²) in [5.41, 5.74) is 2.94. The van der Waals surface area contributed by atoms with E-state index in [4.69, 9.17) is 8.83 Å². The van der Waals surface area contributed by atoms with Crippen LogP contribution in [-0.2, 0) is 0 Å². The largest absolute Gasteiger partial charge is 0.436 e. The van der Waals surface area contributed by atoms with Crippen LogP contribution in [0.25, 0.3) is 33.5 Å². The Hall–Kier alpha value is -3.12. The van der Waals surface area contributed by atoms with Crippen LogP contribution in [-0.4, -0.2) is 43.1 Å². The number of rotatable bonds is 2. The van der Waals surface area contributed by atoms with Gasteiger partial charge in [0.05, 0.1) is 0 Å². The second kappa shape index (κ2) is 6.80. The first-order valence-corrected chi connectivity index (χ1v) is 9.55. The van der Waals surface area contributed by atoms with E-state index >= 15 is 0 Å². The maximum absolute atomic E-state index is 12.6. The number of fused-ring (bicyclic) bond motifs is 2. The molecule has 2 aromatic heterocycles.